The van der Waals surface area contributed by atoms with Gasteiger partial charge in [-0.15, -0.1) is 10.2 Å². The standard InChI is InChI=1S/C25H30N4O2S/c1-6-29-23(19-7-11-20(12-8-19)25(3,4)5)27-28-24(29)32-16-15-22(31)26-21-13-9-18(10-14-21)17(2)30/h7-14H,6,15-16H2,1-5H3,(H,26,31). The van der Waals surface area contributed by atoms with Crippen molar-refractivity contribution in [2.24, 2.45) is 0 Å². The summed E-state index contributed by atoms with van der Waals surface area (Å²) >= 11 is 1.52. The first-order chi connectivity index (χ1) is 15.2. The van der Waals surface area contributed by atoms with E-state index >= 15 is 0 Å². The molecule has 1 N–H and O–H groups in total. The summed E-state index contributed by atoms with van der Waals surface area (Å²) in [5.74, 6) is 1.36. The van der Waals surface area contributed by atoms with E-state index in [0.717, 1.165) is 23.1 Å². The molecule has 0 saturated carbocycles. The Labute approximate surface area is 193 Å². The van der Waals surface area contributed by atoms with E-state index in [-0.39, 0.29) is 17.1 Å². The first kappa shape index (κ1) is 23.7. The highest BCUT2D eigenvalue weighted by Crippen LogP contribution is 2.28. The van der Waals surface area contributed by atoms with Gasteiger partial charge in [-0.05, 0) is 49.1 Å². The number of amides is 1. The minimum absolute atomic E-state index is 0.00354. The lowest BCUT2D eigenvalue weighted by Gasteiger charge is -2.19. The lowest BCUT2D eigenvalue weighted by molar-refractivity contribution is -0.115. The van der Waals surface area contributed by atoms with Gasteiger partial charge in [0.1, 0.15) is 0 Å². The first-order valence-corrected chi connectivity index (χ1v) is 11.8. The molecule has 3 aromatic rings. The lowest BCUT2D eigenvalue weighted by Crippen LogP contribution is -2.12. The van der Waals surface area contributed by atoms with Crippen molar-refractivity contribution in [2.75, 3.05) is 11.1 Å². The van der Waals surface area contributed by atoms with Crippen LogP contribution >= 0.6 is 11.8 Å². The van der Waals surface area contributed by atoms with Gasteiger partial charge in [-0.2, -0.15) is 0 Å². The van der Waals surface area contributed by atoms with Gasteiger partial charge in [-0.3, -0.25) is 9.59 Å². The number of benzene rings is 2. The van der Waals surface area contributed by atoms with Gasteiger partial charge < -0.3 is 9.88 Å². The molecule has 1 aromatic heterocycles. The molecule has 0 aliphatic heterocycles. The molecule has 32 heavy (non-hydrogen) atoms. The predicted octanol–water partition coefficient (Wildman–Crippen LogP) is 5.59. The van der Waals surface area contributed by atoms with Crippen molar-refractivity contribution in [3.63, 3.8) is 0 Å². The van der Waals surface area contributed by atoms with Gasteiger partial charge in [0.2, 0.25) is 5.91 Å². The fourth-order valence-corrected chi connectivity index (χ4v) is 4.20. The Morgan fingerprint density at radius 2 is 1.66 bits per heavy atom. The van der Waals surface area contributed by atoms with Crippen molar-refractivity contribution in [1.82, 2.24) is 14.8 Å². The largest absolute Gasteiger partial charge is 0.326 e. The molecule has 0 bridgehead atoms. The molecule has 3 rings (SSSR count). The number of hydrogen-bond acceptors (Lipinski definition) is 5. The summed E-state index contributed by atoms with van der Waals surface area (Å²) < 4.78 is 2.08. The summed E-state index contributed by atoms with van der Waals surface area (Å²) in [7, 11) is 0. The maximum Gasteiger partial charge on any atom is 0.225 e. The maximum atomic E-state index is 12.3. The number of rotatable bonds is 8. The Kier molecular flexibility index (Phi) is 7.51. The van der Waals surface area contributed by atoms with Crippen LogP contribution in [0, 0.1) is 0 Å². The quantitative estimate of drug-likeness (QED) is 0.358. The highest BCUT2D eigenvalue weighted by atomic mass is 32.2. The van der Waals surface area contributed by atoms with Gasteiger partial charge in [0.25, 0.3) is 0 Å². The Balaban J connectivity index is 1.59. The molecule has 1 heterocycles. The number of hydrogen-bond donors (Lipinski definition) is 1. The molecule has 0 atom stereocenters. The molecule has 7 heteroatoms. The van der Waals surface area contributed by atoms with E-state index in [1.165, 1.54) is 24.2 Å². The van der Waals surface area contributed by atoms with Crippen LogP contribution in [0.2, 0.25) is 0 Å². The van der Waals surface area contributed by atoms with Crippen molar-refractivity contribution in [1.29, 1.82) is 0 Å². The number of aromatic nitrogens is 3. The van der Waals surface area contributed by atoms with Gasteiger partial charge >= 0.3 is 0 Å². The summed E-state index contributed by atoms with van der Waals surface area (Å²) in [6, 6.07) is 15.4. The van der Waals surface area contributed by atoms with Gasteiger partial charge in [0.05, 0.1) is 0 Å². The number of nitrogens with one attached hydrogen (secondary N) is 1. The third-order valence-electron chi connectivity index (χ3n) is 5.18. The van der Waals surface area contributed by atoms with E-state index in [0.29, 0.717) is 23.4 Å². The summed E-state index contributed by atoms with van der Waals surface area (Å²) in [6.45, 7) is 10.9. The molecule has 0 spiro atoms. The Morgan fingerprint density at radius 3 is 2.22 bits per heavy atom. The minimum atomic E-state index is -0.0753. The van der Waals surface area contributed by atoms with Gasteiger partial charge in [0, 0.05) is 35.5 Å². The van der Waals surface area contributed by atoms with E-state index in [9.17, 15) is 9.59 Å². The van der Waals surface area contributed by atoms with Crippen LogP contribution in [-0.4, -0.2) is 32.2 Å². The SMILES string of the molecule is CCn1c(SCCC(=O)Nc2ccc(C(C)=O)cc2)nnc1-c1ccc(C(C)(C)C)cc1. The Morgan fingerprint density at radius 1 is 1.00 bits per heavy atom. The third-order valence-corrected chi connectivity index (χ3v) is 6.15. The van der Waals surface area contributed by atoms with Gasteiger partial charge in [-0.25, -0.2) is 0 Å². The second-order valence-electron chi connectivity index (χ2n) is 8.66. The van der Waals surface area contributed by atoms with Crippen molar-refractivity contribution in [2.45, 2.75) is 58.2 Å². The highest BCUT2D eigenvalue weighted by molar-refractivity contribution is 7.99. The molecule has 0 unspecified atom stereocenters. The second-order valence-corrected chi connectivity index (χ2v) is 9.72. The number of Topliss-reactive ketones (excluding diaryl/α,β-unsaturated/α-hetero) is 1. The summed E-state index contributed by atoms with van der Waals surface area (Å²) in [5.41, 5.74) is 3.73. The summed E-state index contributed by atoms with van der Waals surface area (Å²) in [6.07, 6.45) is 0.352. The fraction of sp³-hybridized carbons (Fsp3) is 0.360. The van der Waals surface area contributed by atoms with Gasteiger partial charge in [0.15, 0.2) is 16.8 Å². The maximum absolute atomic E-state index is 12.3. The van der Waals surface area contributed by atoms with Crippen LogP contribution in [0.4, 0.5) is 5.69 Å². The third kappa shape index (κ3) is 5.85. The normalized spacial score (nSPS) is 11.4. The highest BCUT2D eigenvalue weighted by Gasteiger charge is 2.16. The zero-order valence-corrected chi connectivity index (χ0v) is 20.1. The molecule has 6 nitrogen and oxygen atoms in total. The van der Waals surface area contributed by atoms with E-state index in [1.54, 1.807) is 24.3 Å². The minimum Gasteiger partial charge on any atom is -0.326 e. The van der Waals surface area contributed by atoms with Crippen LogP contribution in [0.5, 0.6) is 0 Å². The van der Waals surface area contributed by atoms with Gasteiger partial charge in [-0.1, -0.05) is 56.8 Å². The van der Waals surface area contributed by atoms with E-state index in [2.05, 4.69) is 72.0 Å². The fourth-order valence-electron chi connectivity index (χ4n) is 3.26. The van der Waals surface area contributed by atoms with E-state index in [1.807, 2.05) is 0 Å². The van der Waals surface area contributed by atoms with E-state index < -0.39 is 0 Å². The second kappa shape index (κ2) is 10.1. The van der Waals surface area contributed by atoms with Crippen LogP contribution in [0.1, 0.15) is 57.0 Å². The van der Waals surface area contributed by atoms with Crippen molar-refractivity contribution in [3.05, 3.63) is 59.7 Å². The molecule has 0 saturated heterocycles. The smallest absolute Gasteiger partial charge is 0.225 e. The van der Waals surface area contributed by atoms with Crippen LogP contribution in [0.15, 0.2) is 53.7 Å². The number of thioether (sulfide) groups is 1. The average molecular weight is 451 g/mol. The molecular formula is C25H30N4O2S. The van der Waals surface area contributed by atoms with E-state index in [4.69, 9.17) is 0 Å². The topological polar surface area (TPSA) is 76.9 Å². The molecule has 2 aromatic carbocycles. The molecule has 1 amide bonds. The first-order valence-electron chi connectivity index (χ1n) is 10.8. The molecule has 0 aliphatic carbocycles. The van der Waals surface area contributed by atoms with Crippen LogP contribution < -0.4 is 5.32 Å². The number of carbonyl (C=O) groups excluding carboxylic acids is 2. The number of anilines is 1. The molecule has 0 radical (unpaired) electrons. The molecular weight excluding hydrogens is 420 g/mol. The van der Waals surface area contributed by atoms with Crippen LogP contribution in [-0.2, 0) is 16.8 Å². The van der Waals surface area contributed by atoms with Crippen molar-refractivity contribution in [3.8, 4) is 11.4 Å². The monoisotopic (exact) mass is 450 g/mol. The number of ketones is 1. The average Bonchev–Trinajstić information content (AvgIpc) is 3.16. The lowest BCUT2D eigenvalue weighted by atomic mass is 9.87. The van der Waals surface area contributed by atoms with Crippen molar-refractivity contribution < 1.29 is 9.59 Å². The molecule has 0 aliphatic rings. The van der Waals surface area contributed by atoms with Crippen LogP contribution in [0.3, 0.4) is 0 Å². The van der Waals surface area contributed by atoms with Crippen molar-refractivity contribution >= 4 is 29.1 Å². The zero-order chi connectivity index (χ0) is 23.3. The Hall–Kier alpha value is -2.93. The summed E-state index contributed by atoms with van der Waals surface area (Å²) in [5, 5.41) is 12.4. The zero-order valence-electron chi connectivity index (χ0n) is 19.3. The van der Waals surface area contributed by atoms with Crippen LogP contribution in [0.25, 0.3) is 11.4 Å². The predicted molar refractivity (Wildman–Crippen MR) is 130 cm³/mol. The Bertz CT molecular complexity index is 1080. The molecule has 168 valence electrons. The number of nitrogens with zero attached hydrogens (tertiary/aromatic N) is 3. The number of carbonyl (C=O) groups is 2. The molecule has 0 fully saturated rings. The summed E-state index contributed by atoms with van der Waals surface area (Å²) in [4.78, 5) is 23.6.